The van der Waals surface area contributed by atoms with E-state index in [2.05, 4.69) is 40.4 Å². The van der Waals surface area contributed by atoms with Crippen molar-refractivity contribution in [3.8, 4) is 0 Å². The third-order valence-corrected chi connectivity index (χ3v) is 3.37. The summed E-state index contributed by atoms with van der Waals surface area (Å²) in [5.41, 5.74) is 0.702. The second kappa shape index (κ2) is 8.62. The standard InChI is InChI=1S/C14H22BrFN2/c1-11(2)9-17-7-4-8-18-10-12-13(15)5-3-6-14(12)16/h3,5-6,11,17-18H,4,7-10H2,1-2H3. The van der Waals surface area contributed by atoms with Crippen LogP contribution in [-0.4, -0.2) is 19.6 Å². The second-order valence-electron chi connectivity index (χ2n) is 4.83. The Morgan fingerprint density at radius 2 is 1.94 bits per heavy atom. The summed E-state index contributed by atoms with van der Waals surface area (Å²) in [6.45, 7) is 7.91. The molecule has 0 amide bonds. The van der Waals surface area contributed by atoms with Crippen molar-refractivity contribution < 1.29 is 4.39 Å². The summed E-state index contributed by atoms with van der Waals surface area (Å²) in [6, 6.07) is 5.06. The van der Waals surface area contributed by atoms with Gasteiger partial charge in [0.05, 0.1) is 0 Å². The first-order valence-corrected chi connectivity index (χ1v) is 7.25. The molecule has 0 saturated heterocycles. The minimum Gasteiger partial charge on any atom is -0.316 e. The summed E-state index contributed by atoms with van der Waals surface area (Å²) in [5.74, 6) is 0.530. The van der Waals surface area contributed by atoms with Crippen LogP contribution in [0.4, 0.5) is 4.39 Å². The normalized spacial score (nSPS) is 11.2. The molecule has 0 radical (unpaired) electrons. The van der Waals surface area contributed by atoms with Gasteiger partial charge < -0.3 is 10.6 Å². The van der Waals surface area contributed by atoms with E-state index in [0.29, 0.717) is 18.0 Å². The van der Waals surface area contributed by atoms with Crippen molar-refractivity contribution in [3.05, 3.63) is 34.1 Å². The van der Waals surface area contributed by atoms with Crippen LogP contribution in [0.25, 0.3) is 0 Å². The second-order valence-corrected chi connectivity index (χ2v) is 5.68. The van der Waals surface area contributed by atoms with Crippen molar-refractivity contribution >= 4 is 15.9 Å². The lowest BCUT2D eigenvalue weighted by Crippen LogP contribution is -2.24. The molecule has 0 heterocycles. The summed E-state index contributed by atoms with van der Waals surface area (Å²) in [7, 11) is 0. The van der Waals surface area contributed by atoms with Crippen molar-refractivity contribution in [2.45, 2.75) is 26.8 Å². The van der Waals surface area contributed by atoms with E-state index >= 15 is 0 Å². The van der Waals surface area contributed by atoms with E-state index in [4.69, 9.17) is 0 Å². The molecule has 0 unspecified atom stereocenters. The highest BCUT2D eigenvalue weighted by Gasteiger charge is 2.05. The van der Waals surface area contributed by atoms with Gasteiger partial charge in [0.2, 0.25) is 0 Å². The van der Waals surface area contributed by atoms with E-state index in [1.807, 2.05) is 6.07 Å². The monoisotopic (exact) mass is 316 g/mol. The summed E-state index contributed by atoms with van der Waals surface area (Å²) in [6.07, 6.45) is 1.05. The summed E-state index contributed by atoms with van der Waals surface area (Å²) in [4.78, 5) is 0. The fraction of sp³-hybridized carbons (Fsp3) is 0.571. The largest absolute Gasteiger partial charge is 0.316 e. The number of rotatable bonds is 8. The molecule has 0 aliphatic rings. The third-order valence-electron chi connectivity index (χ3n) is 2.62. The minimum atomic E-state index is -0.158. The van der Waals surface area contributed by atoms with Crippen molar-refractivity contribution in [1.29, 1.82) is 0 Å². The quantitative estimate of drug-likeness (QED) is 0.719. The van der Waals surface area contributed by atoms with Gasteiger partial charge in [-0.05, 0) is 44.1 Å². The molecule has 0 aliphatic heterocycles. The SMILES string of the molecule is CC(C)CNCCCNCc1c(F)cccc1Br. The molecule has 0 aromatic heterocycles. The lowest BCUT2D eigenvalue weighted by atomic mass is 10.2. The van der Waals surface area contributed by atoms with Crippen LogP contribution in [0.3, 0.4) is 0 Å². The smallest absolute Gasteiger partial charge is 0.128 e. The summed E-state index contributed by atoms with van der Waals surface area (Å²) in [5, 5.41) is 6.64. The van der Waals surface area contributed by atoms with Crippen molar-refractivity contribution in [2.75, 3.05) is 19.6 Å². The van der Waals surface area contributed by atoms with Gasteiger partial charge in [-0.25, -0.2) is 4.39 Å². The maximum atomic E-state index is 13.5. The van der Waals surface area contributed by atoms with E-state index in [1.54, 1.807) is 6.07 Å². The zero-order valence-electron chi connectivity index (χ0n) is 11.1. The predicted octanol–water partition coefficient (Wildman–Crippen LogP) is 3.31. The van der Waals surface area contributed by atoms with Gasteiger partial charge in [-0.3, -0.25) is 0 Å². The van der Waals surface area contributed by atoms with Gasteiger partial charge in [-0.15, -0.1) is 0 Å². The zero-order valence-corrected chi connectivity index (χ0v) is 12.7. The van der Waals surface area contributed by atoms with Gasteiger partial charge >= 0.3 is 0 Å². The molecule has 18 heavy (non-hydrogen) atoms. The molecule has 102 valence electrons. The number of hydrogen-bond donors (Lipinski definition) is 2. The van der Waals surface area contributed by atoms with Gasteiger partial charge in [-0.1, -0.05) is 35.8 Å². The molecule has 0 saturated carbocycles. The maximum Gasteiger partial charge on any atom is 0.128 e. The number of halogens is 2. The van der Waals surface area contributed by atoms with Gasteiger partial charge in [-0.2, -0.15) is 0 Å². The topological polar surface area (TPSA) is 24.1 Å². The van der Waals surface area contributed by atoms with E-state index in [-0.39, 0.29) is 5.82 Å². The van der Waals surface area contributed by atoms with Crippen LogP contribution >= 0.6 is 15.9 Å². The zero-order chi connectivity index (χ0) is 13.4. The molecule has 1 rings (SSSR count). The van der Waals surface area contributed by atoms with Crippen molar-refractivity contribution in [3.63, 3.8) is 0 Å². The summed E-state index contributed by atoms with van der Waals surface area (Å²) >= 11 is 3.36. The van der Waals surface area contributed by atoms with Crippen LogP contribution in [0.1, 0.15) is 25.8 Å². The minimum absolute atomic E-state index is 0.158. The van der Waals surface area contributed by atoms with Crippen molar-refractivity contribution in [1.82, 2.24) is 10.6 Å². The van der Waals surface area contributed by atoms with E-state index in [9.17, 15) is 4.39 Å². The van der Waals surface area contributed by atoms with Gasteiger partial charge in [0.25, 0.3) is 0 Å². The molecule has 0 fully saturated rings. The predicted molar refractivity (Wildman–Crippen MR) is 78.1 cm³/mol. The molecule has 0 atom stereocenters. The molecular formula is C14H22BrFN2. The Morgan fingerprint density at radius 1 is 1.22 bits per heavy atom. The highest BCUT2D eigenvalue weighted by Crippen LogP contribution is 2.19. The van der Waals surface area contributed by atoms with Crippen LogP contribution in [-0.2, 0) is 6.54 Å². The third kappa shape index (κ3) is 5.94. The number of nitrogens with one attached hydrogen (secondary N) is 2. The highest BCUT2D eigenvalue weighted by molar-refractivity contribution is 9.10. The lowest BCUT2D eigenvalue weighted by molar-refractivity contribution is 0.526. The average molecular weight is 317 g/mol. The molecule has 1 aromatic carbocycles. The Hall–Kier alpha value is -0.450. The molecule has 2 nitrogen and oxygen atoms in total. The molecule has 1 aromatic rings. The van der Waals surface area contributed by atoms with Gasteiger partial charge in [0, 0.05) is 16.6 Å². The fourth-order valence-corrected chi connectivity index (χ4v) is 2.13. The molecular weight excluding hydrogens is 295 g/mol. The molecule has 0 bridgehead atoms. The Morgan fingerprint density at radius 3 is 2.61 bits per heavy atom. The first-order valence-electron chi connectivity index (χ1n) is 6.45. The Balaban J connectivity index is 2.14. The van der Waals surface area contributed by atoms with E-state index in [1.165, 1.54) is 6.07 Å². The van der Waals surface area contributed by atoms with Gasteiger partial charge in [0.1, 0.15) is 5.82 Å². The Labute approximate surface area is 117 Å². The van der Waals surface area contributed by atoms with Crippen LogP contribution in [0, 0.1) is 11.7 Å². The number of benzene rings is 1. The van der Waals surface area contributed by atoms with Crippen LogP contribution < -0.4 is 10.6 Å². The molecule has 0 aliphatic carbocycles. The first-order chi connectivity index (χ1) is 8.61. The Bertz CT molecular complexity index is 335. The highest BCUT2D eigenvalue weighted by atomic mass is 79.9. The van der Waals surface area contributed by atoms with Gasteiger partial charge in [0.15, 0.2) is 0 Å². The van der Waals surface area contributed by atoms with E-state index < -0.39 is 0 Å². The Kier molecular flexibility index (Phi) is 7.47. The molecule has 2 N–H and O–H groups in total. The van der Waals surface area contributed by atoms with Crippen LogP contribution in [0.15, 0.2) is 22.7 Å². The molecule has 4 heteroatoms. The molecule has 0 spiro atoms. The lowest BCUT2D eigenvalue weighted by Gasteiger charge is -2.09. The maximum absolute atomic E-state index is 13.5. The van der Waals surface area contributed by atoms with Crippen LogP contribution in [0.5, 0.6) is 0 Å². The first kappa shape index (κ1) is 15.6. The average Bonchev–Trinajstić information content (AvgIpc) is 2.30. The van der Waals surface area contributed by atoms with Crippen molar-refractivity contribution in [2.24, 2.45) is 5.92 Å². The van der Waals surface area contributed by atoms with Crippen LogP contribution in [0.2, 0.25) is 0 Å². The summed E-state index contributed by atoms with van der Waals surface area (Å²) < 4.78 is 14.3. The fourth-order valence-electron chi connectivity index (χ4n) is 1.64. The van der Waals surface area contributed by atoms with E-state index in [0.717, 1.165) is 30.5 Å². The number of hydrogen-bond acceptors (Lipinski definition) is 2.